The van der Waals surface area contributed by atoms with Gasteiger partial charge in [0.2, 0.25) is 0 Å². The second-order valence-electron chi connectivity index (χ2n) is 13.4. The fraction of sp³-hybridized carbons (Fsp3) is 0.974. The minimum absolute atomic E-state index is 0.368. The average Bonchev–Trinajstić information content (AvgIpc) is 2.95. The van der Waals surface area contributed by atoms with Crippen molar-refractivity contribution in [2.24, 2.45) is 11.3 Å². The molecule has 2 heteroatoms. The molecule has 0 saturated carbocycles. The number of aliphatic carboxylic acids is 1. The quantitative estimate of drug-likeness (QED) is 0.0805. The highest BCUT2D eigenvalue weighted by molar-refractivity contribution is 5.75. The van der Waals surface area contributed by atoms with E-state index in [0.29, 0.717) is 5.92 Å². The molecule has 0 fully saturated rings. The maximum atomic E-state index is 13.2. The summed E-state index contributed by atoms with van der Waals surface area (Å²) in [6.45, 7) is 9.12. The Bertz CT molecular complexity index is 516. The molecule has 0 aliphatic carbocycles. The second-order valence-corrected chi connectivity index (χ2v) is 13.4. The van der Waals surface area contributed by atoms with Gasteiger partial charge in [0.15, 0.2) is 0 Å². The molecule has 0 heterocycles. The molecule has 0 saturated heterocycles. The Hall–Kier alpha value is -0.530. The largest absolute Gasteiger partial charge is 0.481 e. The van der Waals surface area contributed by atoms with Crippen molar-refractivity contribution >= 4 is 5.97 Å². The van der Waals surface area contributed by atoms with Gasteiger partial charge in [-0.3, -0.25) is 4.79 Å². The molecule has 40 heavy (non-hydrogen) atoms. The van der Waals surface area contributed by atoms with Crippen molar-refractivity contribution in [3.05, 3.63) is 0 Å². The zero-order chi connectivity index (χ0) is 29.6. The molecule has 2 nitrogen and oxygen atoms in total. The van der Waals surface area contributed by atoms with Gasteiger partial charge in [0.1, 0.15) is 0 Å². The normalized spacial score (nSPS) is 13.9. The predicted molar refractivity (Wildman–Crippen MR) is 179 cm³/mol. The number of carboxylic acids is 1. The lowest BCUT2D eigenvalue weighted by molar-refractivity contribution is -0.155. The van der Waals surface area contributed by atoms with Gasteiger partial charge in [-0.2, -0.15) is 0 Å². The zero-order valence-electron chi connectivity index (χ0n) is 28.4. The lowest BCUT2D eigenvalue weighted by Gasteiger charge is -2.38. The Labute approximate surface area is 253 Å². The number of hydrogen-bond donors (Lipinski definition) is 1. The van der Waals surface area contributed by atoms with Crippen LogP contribution in [0, 0.1) is 11.3 Å². The summed E-state index contributed by atoms with van der Waals surface area (Å²) in [6, 6.07) is 0. The Morgan fingerprint density at radius 1 is 0.425 bits per heavy atom. The Morgan fingerprint density at radius 3 is 0.950 bits per heavy atom. The molecule has 0 aromatic heterocycles. The van der Waals surface area contributed by atoms with Crippen molar-refractivity contribution in [1.82, 2.24) is 0 Å². The third-order valence-electron chi connectivity index (χ3n) is 9.72. The third kappa shape index (κ3) is 21.2. The van der Waals surface area contributed by atoms with E-state index in [4.69, 9.17) is 0 Å². The first-order valence-electron chi connectivity index (χ1n) is 18.8. The van der Waals surface area contributed by atoms with Gasteiger partial charge in [0, 0.05) is 0 Å². The Balaban J connectivity index is 5.20. The number of unbranched alkanes of at least 4 members (excludes halogenated alkanes) is 23. The maximum absolute atomic E-state index is 13.2. The number of carboxylic acid groups (broad SMARTS) is 1. The molecule has 0 aromatic rings. The molecule has 0 bridgehead atoms. The van der Waals surface area contributed by atoms with E-state index in [1.54, 1.807) is 0 Å². The summed E-state index contributed by atoms with van der Waals surface area (Å²) in [5.41, 5.74) is -0.487. The number of carbonyl (C=O) groups is 1. The van der Waals surface area contributed by atoms with Crippen LogP contribution in [0.3, 0.4) is 0 Å². The highest BCUT2D eigenvalue weighted by atomic mass is 16.4. The standard InChI is InChI=1S/C38H76O2/c1-5-9-13-17-20-21-22-23-27-31-35-38(37(39)40,34-30-26-19-15-11-7-3)36(32-28-24-16-12-8-4)33-29-25-18-14-10-6-2/h36H,5-35H2,1-4H3,(H,39,40). The summed E-state index contributed by atoms with van der Waals surface area (Å²) >= 11 is 0. The summed E-state index contributed by atoms with van der Waals surface area (Å²) in [5, 5.41) is 10.9. The van der Waals surface area contributed by atoms with Crippen molar-refractivity contribution in [1.29, 1.82) is 0 Å². The molecule has 2 atom stereocenters. The van der Waals surface area contributed by atoms with Gasteiger partial charge in [-0.25, -0.2) is 0 Å². The second kappa shape index (κ2) is 29.9. The molecule has 0 rings (SSSR count). The average molecular weight is 565 g/mol. The van der Waals surface area contributed by atoms with Crippen molar-refractivity contribution in [2.45, 2.75) is 227 Å². The van der Waals surface area contributed by atoms with E-state index in [1.165, 1.54) is 161 Å². The minimum atomic E-state index is -0.487. The van der Waals surface area contributed by atoms with Crippen LogP contribution in [0.25, 0.3) is 0 Å². The monoisotopic (exact) mass is 565 g/mol. The molecule has 0 spiro atoms. The van der Waals surface area contributed by atoms with Gasteiger partial charge in [0.05, 0.1) is 5.41 Å². The highest BCUT2D eigenvalue weighted by Gasteiger charge is 2.43. The van der Waals surface area contributed by atoms with Gasteiger partial charge >= 0.3 is 5.97 Å². The highest BCUT2D eigenvalue weighted by Crippen LogP contribution is 2.45. The molecule has 240 valence electrons. The SMILES string of the molecule is CCCCCCCCCCCCC(CCCCCCCC)(C(=O)O)C(CCCCCCC)CCCCCCCC. The van der Waals surface area contributed by atoms with Crippen LogP contribution in [0.15, 0.2) is 0 Å². The number of rotatable bonds is 33. The van der Waals surface area contributed by atoms with Crippen LogP contribution in [0.4, 0.5) is 0 Å². The fourth-order valence-electron chi connectivity index (χ4n) is 6.93. The lowest BCUT2D eigenvalue weighted by Crippen LogP contribution is -2.39. The first-order chi connectivity index (χ1) is 19.6. The fourth-order valence-corrected chi connectivity index (χ4v) is 6.93. The van der Waals surface area contributed by atoms with Gasteiger partial charge < -0.3 is 5.11 Å². The van der Waals surface area contributed by atoms with Crippen LogP contribution >= 0.6 is 0 Å². The molecule has 0 aromatic carbocycles. The van der Waals surface area contributed by atoms with E-state index in [1.807, 2.05) is 0 Å². The van der Waals surface area contributed by atoms with Gasteiger partial charge in [0.25, 0.3) is 0 Å². The van der Waals surface area contributed by atoms with Crippen LogP contribution < -0.4 is 0 Å². The summed E-state index contributed by atoms with van der Waals surface area (Å²) in [5.74, 6) is -0.0893. The molecular weight excluding hydrogens is 488 g/mol. The van der Waals surface area contributed by atoms with E-state index < -0.39 is 11.4 Å². The third-order valence-corrected chi connectivity index (χ3v) is 9.72. The smallest absolute Gasteiger partial charge is 0.309 e. The molecular formula is C38H76O2. The van der Waals surface area contributed by atoms with Crippen molar-refractivity contribution in [3.63, 3.8) is 0 Å². The van der Waals surface area contributed by atoms with Gasteiger partial charge in [-0.05, 0) is 31.6 Å². The van der Waals surface area contributed by atoms with Gasteiger partial charge in [-0.15, -0.1) is 0 Å². The van der Waals surface area contributed by atoms with Crippen molar-refractivity contribution in [2.75, 3.05) is 0 Å². The number of hydrogen-bond acceptors (Lipinski definition) is 1. The molecule has 0 radical (unpaired) electrons. The van der Waals surface area contributed by atoms with E-state index in [9.17, 15) is 9.90 Å². The molecule has 0 aliphatic heterocycles. The lowest BCUT2D eigenvalue weighted by atomic mass is 9.65. The maximum Gasteiger partial charge on any atom is 0.309 e. The van der Waals surface area contributed by atoms with E-state index in [-0.39, 0.29) is 0 Å². The Kier molecular flexibility index (Phi) is 29.5. The molecule has 1 N–H and O–H groups in total. The molecule has 0 aliphatic rings. The first kappa shape index (κ1) is 39.5. The van der Waals surface area contributed by atoms with Gasteiger partial charge in [-0.1, -0.05) is 201 Å². The Morgan fingerprint density at radius 2 is 0.675 bits per heavy atom. The van der Waals surface area contributed by atoms with Crippen LogP contribution in [0.1, 0.15) is 227 Å². The van der Waals surface area contributed by atoms with E-state index >= 15 is 0 Å². The molecule has 0 amide bonds. The first-order valence-corrected chi connectivity index (χ1v) is 18.8. The zero-order valence-corrected chi connectivity index (χ0v) is 28.4. The van der Waals surface area contributed by atoms with Crippen LogP contribution in [0.5, 0.6) is 0 Å². The van der Waals surface area contributed by atoms with Crippen molar-refractivity contribution in [3.8, 4) is 0 Å². The van der Waals surface area contributed by atoms with E-state index in [0.717, 1.165) is 38.5 Å². The topological polar surface area (TPSA) is 37.3 Å². The predicted octanol–water partition coefficient (Wildman–Crippen LogP) is 13.8. The van der Waals surface area contributed by atoms with Crippen LogP contribution in [0.2, 0.25) is 0 Å². The van der Waals surface area contributed by atoms with Crippen molar-refractivity contribution < 1.29 is 9.90 Å². The van der Waals surface area contributed by atoms with E-state index in [2.05, 4.69) is 27.7 Å². The van der Waals surface area contributed by atoms with Crippen LogP contribution in [-0.4, -0.2) is 11.1 Å². The summed E-state index contributed by atoms with van der Waals surface area (Å²) in [6.07, 6.45) is 39.1. The summed E-state index contributed by atoms with van der Waals surface area (Å²) in [7, 11) is 0. The molecule has 2 unspecified atom stereocenters. The minimum Gasteiger partial charge on any atom is -0.481 e. The van der Waals surface area contributed by atoms with Crippen LogP contribution in [-0.2, 0) is 4.79 Å². The summed E-state index contributed by atoms with van der Waals surface area (Å²) in [4.78, 5) is 13.2. The summed E-state index contributed by atoms with van der Waals surface area (Å²) < 4.78 is 0.